The molecule has 3 aliphatic rings. The minimum Gasteiger partial charge on any atom is -0.486 e. The van der Waals surface area contributed by atoms with Gasteiger partial charge >= 0.3 is 0 Å². The fourth-order valence-electron chi connectivity index (χ4n) is 6.03. The van der Waals surface area contributed by atoms with Crippen LogP contribution in [-0.2, 0) is 0 Å². The van der Waals surface area contributed by atoms with Crippen LogP contribution in [-0.4, -0.2) is 17.2 Å². The molecule has 32 heavy (non-hydrogen) atoms. The first kappa shape index (κ1) is 19.3. The van der Waals surface area contributed by atoms with Crippen molar-refractivity contribution in [3.63, 3.8) is 0 Å². The summed E-state index contributed by atoms with van der Waals surface area (Å²) in [6, 6.07) is 22.7. The number of ether oxygens (including phenoxy) is 2. The van der Waals surface area contributed by atoms with Gasteiger partial charge in [0.25, 0.3) is 0 Å². The third-order valence-electron chi connectivity index (χ3n) is 7.41. The van der Waals surface area contributed by atoms with Gasteiger partial charge in [0.2, 0.25) is 0 Å². The van der Waals surface area contributed by atoms with Crippen molar-refractivity contribution in [3.8, 4) is 17.2 Å². The Morgan fingerprint density at radius 1 is 0.812 bits per heavy atom. The van der Waals surface area contributed by atoms with Crippen LogP contribution in [0.1, 0.15) is 45.5 Å². The summed E-state index contributed by atoms with van der Waals surface area (Å²) in [6.45, 7) is 2.04. The van der Waals surface area contributed by atoms with E-state index in [1.165, 1.54) is 5.56 Å². The largest absolute Gasteiger partial charge is 0.486 e. The van der Waals surface area contributed by atoms with E-state index in [4.69, 9.17) is 9.47 Å². The Kier molecular flexibility index (Phi) is 4.26. The van der Waals surface area contributed by atoms with E-state index in [0.29, 0.717) is 22.6 Å². The molecule has 4 atom stereocenters. The van der Waals surface area contributed by atoms with Gasteiger partial charge in [-0.15, -0.1) is 0 Å². The fourth-order valence-corrected chi connectivity index (χ4v) is 6.03. The highest BCUT2D eigenvalue weighted by molar-refractivity contribution is 6.17. The Morgan fingerprint density at radius 3 is 2.31 bits per heavy atom. The van der Waals surface area contributed by atoms with Gasteiger partial charge in [-0.2, -0.15) is 0 Å². The molecule has 3 aromatic carbocycles. The molecular formula is C28H24O4. The molecule has 3 aromatic rings. The number of ketones is 2. The third kappa shape index (κ3) is 2.89. The number of aryl methyl sites for hydroxylation is 1. The summed E-state index contributed by atoms with van der Waals surface area (Å²) in [5.74, 6) is 1.81. The summed E-state index contributed by atoms with van der Waals surface area (Å²) in [5, 5.41) is 0. The normalized spacial score (nSPS) is 27.7. The Balaban J connectivity index is 1.31. The van der Waals surface area contributed by atoms with Gasteiger partial charge in [-0.05, 0) is 56.4 Å². The van der Waals surface area contributed by atoms with Gasteiger partial charge < -0.3 is 9.47 Å². The predicted molar refractivity (Wildman–Crippen MR) is 120 cm³/mol. The molecule has 2 saturated carbocycles. The van der Waals surface area contributed by atoms with Gasteiger partial charge in [0.1, 0.15) is 22.8 Å². The molecule has 4 unspecified atom stereocenters. The lowest BCUT2D eigenvalue weighted by Crippen LogP contribution is -2.50. The lowest BCUT2D eigenvalue weighted by Gasteiger charge is -2.40. The molecule has 0 amide bonds. The van der Waals surface area contributed by atoms with Crippen LogP contribution in [0, 0.1) is 24.7 Å². The quantitative estimate of drug-likeness (QED) is 0.513. The Bertz CT molecular complexity index is 1230. The second kappa shape index (κ2) is 7.06. The number of hydrogen-bond donors (Lipinski definition) is 0. The summed E-state index contributed by atoms with van der Waals surface area (Å²) in [4.78, 5) is 26.8. The highest BCUT2D eigenvalue weighted by Gasteiger charge is 2.66. The fraction of sp³-hybridized carbons (Fsp3) is 0.286. The van der Waals surface area contributed by atoms with Crippen molar-refractivity contribution in [2.45, 2.75) is 31.8 Å². The van der Waals surface area contributed by atoms with Gasteiger partial charge in [0, 0.05) is 23.1 Å². The van der Waals surface area contributed by atoms with Gasteiger partial charge in [0.05, 0.1) is 5.92 Å². The van der Waals surface area contributed by atoms with Crippen LogP contribution in [0.2, 0.25) is 0 Å². The number of rotatable bonds is 4. The summed E-state index contributed by atoms with van der Waals surface area (Å²) >= 11 is 0. The molecule has 0 saturated heterocycles. The summed E-state index contributed by atoms with van der Waals surface area (Å²) in [7, 11) is 0. The monoisotopic (exact) mass is 424 g/mol. The van der Waals surface area contributed by atoms with E-state index in [2.05, 4.69) is 0 Å². The summed E-state index contributed by atoms with van der Waals surface area (Å²) in [5.41, 5.74) is 1.67. The number of carbonyl (C=O) groups excluding carboxylic acids is 2. The molecule has 0 spiro atoms. The number of fused-ring (bicyclic) bond motifs is 6. The van der Waals surface area contributed by atoms with Crippen molar-refractivity contribution in [2.75, 3.05) is 0 Å². The van der Waals surface area contributed by atoms with Crippen LogP contribution >= 0.6 is 0 Å². The van der Waals surface area contributed by atoms with Crippen LogP contribution in [0.25, 0.3) is 0 Å². The summed E-state index contributed by atoms with van der Waals surface area (Å²) in [6.07, 6.45) is 2.46. The van der Waals surface area contributed by atoms with Crippen LogP contribution < -0.4 is 9.47 Å². The van der Waals surface area contributed by atoms with Crippen molar-refractivity contribution >= 4 is 11.6 Å². The predicted octanol–water partition coefficient (Wildman–Crippen LogP) is 6.03. The summed E-state index contributed by atoms with van der Waals surface area (Å²) < 4.78 is 12.6. The average Bonchev–Trinajstić information content (AvgIpc) is 3.36. The van der Waals surface area contributed by atoms with Gasteiger partial charge in [-0.3, -0.25) is 9.59 Å². The van der Waals surface area contributed by atoms with E-state index in [-0.39, 0.29) is 23.4 Å². The minimum atomic E-state index is -0.627. The lowest BCUT2D eigenvalue weighted by molar-refractivity contribution is 0.0114. The zero-order chi connectivity index (χ0) is 21.9. The smallest absolute Gasteiger partial charge is 0.171 e. The van der Waals surface area contributed by atoms with Crippen molar-refractivity contribution in [1.82, 2.24) is 0 Å². The molecular weight excluding hydrogens is 400 g/mol. The topological polar surface area (TPSA) is 52.6 Å². The van der Waals surface area contributed by atoms with E-state index in [9.17, 15) is 9.59 Å². The van der Waals surface area contributed by atoms with Crippen LogP contribution in [0.3, 0.4) is 0 Å². The molecule has 6 rings (SSSR count). The maximum Gasteiger partial charge on any atom is 0.171 e. The van der Waals surface area contributed by atoms with E-state index >= 15 is 0 Å². The molecule has 0 radical (unpaired) electrons. The highest BCUT2D eigenvalue weighted by atomic mass is 16.5. The molecule has 2 fully saturated rings. The minimum absolute atomic E-state index is 0.0551. The average molecular weight is 424 g/mol. The molecule has 2 bridgehead atoms. The molecule has 3 aliphatic carbocycles. The van der Waals surface area contributed by atoms with Crippen LogP contribution in [0.5, 0.6) is 17.2 Å². The van der Waals surface area contributed by atoms with Crippen LogP contribution in [0.4, 0.5) is 0 Å². The first-order chi connectivity index (χ1) is 15.5. The van der Waals surface area contributed by atoms with Gasteiger partial charge in [-0.25, -0.2) is 0 Å². The van der Waals surface area contributed by atoms with Gasteiger partial charge in [0.15, 0.2) is 11.6 Å². The number of carbonyl (C=O) groups is 2. The SMILES string of the molecule is Cc1ccc(Oc2cccc(OC34CCC(C3)C3C(=O)c5ccccc5C(=O)C34)c2)cc1. The second-order valence-electron chi connectivity index (χ2n) is 9.34. The molecule has 0 aliphatic heterocycles. The molecule has 4 nitrogen and oxygen atoms in total. The van der Waals surface area contributed by atoms with E-state index in [0.717, 1.165) is 25.0 Å². The van der Waals surface area contributed by atoms with E-state index < -0.39 is 11.5 Å². The number of hydrogen-bond acceptors (Lipinski definition) is 4. The first-order valence-electron chi connectivity index (χ1n) is 11.3. The molecule has 0 heterocycles. The second-order valence-corrected chi connectivity index (χ2v) is 9.34. The van der Waals surface area contributed by atoms with Crippen molar-refractivity contribution < 1.29 is 19.1 Å². The Morgan fingerprint density at radius 2 is 1.53 bits per heavy atom. The van der Waals surface area contributed by atoms with Crippen molar-refractivity contribution in [2.24, 2.45) is 17.8 Å². The zero-order valence-electron chi connectivity index (χ0n) is 17.9. The third-order valence-corrected chi connectivity index (χ3v) is 7.41. The van der Waals surface area contributed by atoms with E-state index in [1.807, 2.05) is 67.6 Å². The Hall–Kier alpha value is -3.40. The highest BCUT2D eigenvalue weighted by Crippen LogP contribution is 2.60. The maximum absolute atomic E-state index is 13.5. The van der Waals surface area contributed by atoms with E-state index in [1.54, 1.807) is 12.1 Å². The standard InChI is InChI=1S/C28H24O4/c1-17-9-11-19(12-10-17)31-20-5-4-6-21(15-20)32-28-14-13-18(16-28)24-25(28)27(30)23-8-3-2-7-22(23)26(24)29/h2-12,15,18,24-25H,13-14,16H2,1H3. The maximum atomic E-state index is 13.5. The Labute approximate surface area is 187 Å². The van der Waals surface area contributed by atoms with Gasteiger partial charge in [-0.1, -0.05) is 48.0 Å². The molecule has 0 aromatic heterocycles. The number of benzene rings is 3. The first-order valence-corrected chi connectivity index (χ1v) is 11.3. The molecule has 4 heteroatoms. The van der Waals surface area contributed by atoms with Crippen molar-refractivity contribution in [1.29, 1.82) is 0 Å². The molecule has 160 valence electrons. The zero-order valence-corrected chi connectivity index (χ0v) is 17.9. The molecule has 0 N–H and O–H groups in total. The lowest BCUT2D eigenvalue weighted by atomic mass is 9.66. The van der Waals surface area contributed by atoms with Crippen LogP contribution in [0.15, 0.2) is 72.8 Å². The number of Topliss-reactive ketones (excluding diaryl/α,β-unsaturated/α-hetero) is 2. The van der Waals surface area contributed by atoms with Crippen molar-refractivity contribution in [3.05, 3.63) is 89.5 Å².